The molecule has 4 rings (SSSR count). The van der Waals surface area contributed by atoms with E-state index < -0.39 is 0 Å². The van der Waals surface area contributed by atoms with Gasteiger partial charge in [0, 0.05) is 21.4 Å². The van der Waals surface area contributed by atoms with Crippen LogP contribution in [0.1, 0.15) is 101 Å². The molecule has 0 saturated heterocycles. The van der Waals surface area contributed by atoms with Crippen molar-refractivity contribution in [2.45, 2.75) is 90.1 Å². The normalized spacial score (nSPS) is 20.4. The van der Waals surface area contributed by atoms with E-state index in [2.05, 4.69) is 104 Å². The fraction of sp³-hybridized carbons (Fsp3) is 0.467. The highest BCUT2D eigenvalue weighted by atomic mass is 28.2. The number of hydrogen-bond acceptors (Lipinski definition) is 0. The Morgan fingerprint density at radius 2 is 1.03 bits per heavy atom. The van der Waals surface area contributed by atoms with Crippen LogP contribution in [0.3, 0.4) is 0 Å². The molecule has 0 heterocycles. The summed E-state index contributed by atoms with van der Waals surface area (Å²) in [5.74, 6) is 1.20. The highest BCUT2D eigenvalue weighted by Crippen LogP contribution is 2.45. The second-order valence-electron chi connectivity index (χ2n) is 11.7. The summed E-state index contributed by atoms with van der Waals surface area (Å²) >= 11 is 0. The summed E-state index contributed by atoms with van der Waals surface area (Å²) in [6.45, 7) is 18.7. The van der Waals surface area contributed by atoms with Gasteiger partial charge in [0.25, 0.3) is 0 Å². The maximum atomic E-state index is 2.47. The van der Waals surface area contributed by atoms with Crippen molar-refractivity contribution in [1.29, 1.82) is 0 Å². The average Bonchev–Trinajstić information content (AvgIpc) is 3.16. The predicted octanol–water partition coefficient (Wildman–Crippen LogP) is 8.52. The van der Waals surface area contributed by atoms with Gasteiger partial charge < -0.3 is 0 Å². The summed E-state index contributed by atoms with van der Waals surface area (Å²) in [6.07, 6.45) is 4.94. The zero-order chi connectivity index (χ0) is 22.6. The molecule has 2 aromatic carbocycles. The lowest BCUT2D eigenvalue weighted by Crippen LogP contribution is -2.14. The molecule has 2 atom stereocenters. The Hall–Kier alpha value is -1.86. The van der Waals surface area contributed by atoms with Crippen LogP contribution in [-0.4, -0.2) is 9.52 Å². The molecule has 2 aliphatic rings. The highest BCUT2D eigenvalue weighted by molar-refractivity contribution is 6.36. The third kappa shape index (κ3) is 4.14. The molecule has 0 N–H and O–H groups in total. The minimum Gasteiger partial charge on any atom is -0.0655 e. The van der Waals surface area contributed by atoms with E-state index in [4.69, 9.17) is 0 Å². The first kappa shape index (κ1) is 22.3. The van der Waals surface area contributed by atoms with Gasteiger partial charge in [0.2, 0.25) is 0 Å². The number of fused-ring (bicyclic) bond motifs is 2. The van der Waals surface area contributed by atoms with E-state index in [1.807, 2.05) is 0 Å². The van der Waals surface area contributed by atoms with E-state index in [1.165, 1.54) is 34.3 Å². The minimum atomic E-state index is 0.194. The molecule has 0 aliphatic heterocycles. The fourth-order valence-electron chi connectivity index (χ4n) is 5.47. The Kier molecular flexibility index (Phi) is 5.71. The molecule has 0 aromatic heterocycles. The zero-order valence-corrected chi connectivity index (χ0v) is 21.7. The molecule has 162 valence electrons. The van der Waals surface area contributed by atoms with E-state index >= 15 is 0 Å². The monoisotopic (exact) mass is 426 g/mol. The molecule has 1 heteroatoms. The molecule has 0 saturated carbocycles. The van der Waals surface area contributed by atoms with Gasteiger partial charge in [-0.25, -0.2) is 0 Å². The van der Waals surface area contributed by atoms with Crippen molar-refractivity contribution < 1.29 is 0 Å². The minimum absolute atomic E-state index is 0.194. The first-order valence-electron chi connectivity index (χ1n) is 11.8. The van der Waals surface area contributed by atoms with E-state index in [0.717, 1.165) is 9.52 Å². The Bertz CT molecular complexity index is 967. The highest BCUT2D eigenvalue weighted by Gasteiger charge is 2.30. The lowest BCUT2D eigenvalue weighted by atomic mass is 9.82. The van der Waals surface area contributed by atoms with Gasteiger partial charge in [-0.15, -0.1) is 0 Å². The summed E-state index contributed by atoms with van der Waals surface area (Å²) in [5.41, 5.74) is 12.6. The zero-order valence-electron chi connectivity index (χ0n) is 20.7. The van der Waals surface area contributed by atoms with Crippen LogP contribution >= 0.6 is 0 Å². The third-order valence-corrected chi connectivity index (χ3v) is 8.58. The van der Waals surface area contributed by atoms with Crippen LogP contribution in [0.2, 0.25) is 12.1 Å². The van der Waals surface area contributed by atoms with Gasteiger partial charge in [-0.05, 0) is 58.1 Å². The SMILES string of the molecule is CC1=Cc2c(cccc2C(C)(C)C)C1C[Si]CC1C(C)=Cc2c1cccc2C(C)(C)C. The summed E-state index contributed by atoms with van der Waals surface area (Å²) in [5, 5.41) is 0. The molecule has 31 heavy (non-hydrogen) atoms. The van der Waals surface area contributed by atoms with Crippen molar-refractivity contribution in [3.05, 3.63) is 80.9 Å². The topological polar surface area (TPSA) is 0 Å². The van der Waals surface area contributed by atoms with Crippen molar-refractivity contribution in [3.8, 4) is 0 Å². The van der Waals surface area contributed by atoms with E-state index in [1.54, 1.807) is 22.3 Å². The number of benzene rings is 2. The molecule has 0 spiro atoms. The van der Waals surface area contributed by atoms with Gasteiger partial charge in [0.15, 0.2) is 0 Å². The van der Waals surface area contributed by atoms with E-state index in [-0.39, 0.29) is 10.8 Å². The lowest BCUT2D eigenvalue weighted by molar-refractivity contribution is 0.588. The molecular formula is C30H38Si. The first-order valence-corrected chi connectivity index (χ1v) is 13.2. The van der Waals surface area contributed by atoms with Gasteiger partial charge in [-0.3, -0.25) is 0 Å². The smallest absolute Gasteiger partial charge is 0.0397 e. The van der Waals surface area contributed by atoms with Crippen LogP contribution in [0.5, 0.6) is 0 Å². The van der Waals surface area contributed by atoms with Crippen LogP contribution in [-0.2, 0) is 10.8 Å². The average molecular weight is 427 g/mol. The van der Waals surface area contributed by atoms with Gasteiger partial charge in [-0.1, -0.05) is 113 Å². The molecular weight excluding hydrogens is 388 g/mol. The van der Waals surface area contributed by atoms with Crippen LogP contribution in [0.15, 0.2) is 47.5 Å². The van der Waals surface area contributed by atoms with Crippen molar-refractivity contribution >= 4 is 21.7 Å². The molecule has 2 radical (unpaired) electrons. The Balaban J connectivity index is 1.51. The molecule has 2 aromatic rings. The van der Waals surface area contributed by atoms with Gasteiger partial charge >= 0.3 is 0 Å². The molecule has 0 fully saturated rings. The molecule has 0 amide bonds. The predicted molar refractivity (Wildman–Crippen MR) is 138 cm³/mol. The standard InChI is InChI=1S/C30H38Si/c1-19-15-23-21(11-9-13-27(23)29(3,4)5)25(19)17-31-18-26-20(2)16-24-22(26)12-10-14-28(24)30(6,7)8/h9-16,25-26H,17-18H2,1-8H3. The second-order valence-corrected chi connectivity index (χ2v) is 13.0. The first-order chi connectivity index (χ1) is 14.5. The maximum Gasteiger partial charge on any atom is 0.0397 e. The van der Waals surface area contributed by atoms with E-state index in [9.17, 15) is 0 Å². The van der Waals surface area contributed by atoms with Gasteiger partial charge in [0.05, 0.1) is 0 Å². The lowest BCUT2D eigenvalue weighted by Gasteiger charge is -2.24. The van der Waals surface area contributed by atoms with Crippen LogP contribution in [0.4, 0.5) is 0 Å². The molecule has 0 bridgehead atoms. The Morgan fingerprint density at radius 3 is 1.39 bits per heavy atom. The van der Waals surface area contributed by atoms with Gasteiger partial charge in [0.1, 0.15) is 0 Å². The fourth-order valence-corrected chi connectivity index (χ4v) is 7.29. The van der Waals surface area contributed by atoms with Crippen molar-refractivity contribution in [1.82, 2.24) is 0 Å². The number of rotatable bonds is 4. The Morgan fingerprint density at radius 1 is 0.645 bits per heavy atom. The van der Waals surface area contributed by atoms with Crippen molar-refractivity contribution in [2.24, 2.45) is 0 Å². The second kappa shape index (κ2) is 7.92. The van der Waals surface area contributed by atoms with Gasteiger partial charge in [-0.2, -0.15) is 0 Å². The van der Waals surface area contributed by atoms with Crippen LogP contribution < -0.4 is 0 Å². The number of hydrogen-bond donors (Lipinski definition) is 0. The summed E-state index contributed by atoms with van der Waals surface area (Å²) in [4.78, 5) is 0. The van der Waals surface area contributed by atoms with Crippen LogP contribution in [0.25, 0.3) is 12.2 Å². The maximum absolute atomic E-state index is 2.47. The molecule has 2 unspecified atom stereocenters. The van der Waals surface area contributed by atoms with E-state index in [0.29, 0.717) is 11.8 Å². The summed E-state index contributed by atoms with van der Waals surface area (Å²) in [6, 6.07) is 16.5. The summed E-state index contributed by atoms with van der Waals surface area (Å²) in [7, 11) is 0.981. The third-order valence-electron chi connectivity index (χ3n) is 7.19. The van der Waals surface area contributed by atoms with Crippen molar-refractivity contribution in [2.75, 3.05) is 0 Å². The molecule has 0 nitrogen and oxygen atoms in total. The van der Waals surface area contributed by atoms with Crippen LogP contribution in [0, 0.1) is 0 Å². The Labute approximate surface area is 192 Å². The summed E-state index contributed by atoms with van der Waals surface area (Å²) < 4.78 is 0. The largest absolute Gasteiger partial charge is 0.0655 e. The van der Waals surface area contributed by atoms with Crippen molar-refractivity contribution in [3.63, 3.8) is 0 Å². The molecule has 2 aliphatic carbocycles. The number of allylic oxidation sites excluding steroid dienone is 2. The quantitative estimate of drug-likeness (QED) is 0.430.